The molecule has 3 unspecified atom stereocenters. The zero-order chi connectivity index (χ0) is 19.7. The van der Waals surface area contributed by atoms with E-state index in [4.69, 9.17) is 16.3 Å². The Hall–Kier alpha value is -2.53. The van der Waals surface area contributed by atoms with E-state index in [1.165, 1.54) is 11.6 Å². The molecule has 0 amide bonds. The van der Waals surface area contributed by atoms with E-state index in [2.05, 4.69) is 30.5 Å². The maximum absolute atomic E-state index is 11.2. The predicted molar refractivity (Wildman–Crippen MR) is 111 cm³/mol. The molecule has 0 aromatic heterocycles. The fraction of sp³-hybridized carbons (Fsp3) is 0.364. The van der Waals surface area contributed by atoms with Crippen LogP contribution in [0.15, 0.2) is 48.6 Å². The second-order valence-electron chi connectivity index (χ2n) is 7.39. The average Bonchev–Trinajstić information content (AvgIpc) is 3.18. The van der Waals surface area contributed by atoms with Crippen molar-refractivity contribution in [2.24, 2.45) is 5.92 Å². The Kier molecular flexibility index (Phi) is 5.27. The van der Waals surface area contributed by atoms with Crippen LogP contribution in [0.1, 0.15) is 49.3 Å². The predicted octanol–water partition coefficient (Wildman–Crippen LogP) is 6.25. The van der Waals surface area contributed by atoms with E-state index in [1.807, 2.05) is 12.1 Å². The monoisotopic (exact) mass is 398 g/mol. The van der Waals surface area contributed by atoms with Crippen LogP contribution in [-0.4, -0.2) is 11.5 Å². The van der Waals surface area contributed by atoms with Gasteiger partial charge in [-0.1, -0.05) is 37.1 Å². The summed E-state index contributed by atoms with van der Waals surface area (Å²) in [5, 5.41) is 15.4. The van der Waals surface area contributed by atoms with E-state index in [9.17, 15) is 10.1 Å². The summed E-state index contributed by atoms with van der Waals surface area (Å²) in [6.07, 6.45) is 7.47. The molecule has 1 aliphatic heterocycles. The van der Waals surface area contributed by atoms with Gasteiger partial charge in [-0.15, -0.1) is 0 Å². The number of nitro groups is 1. The van der Waals surface area contributed by atoms with Crippen LogP contribution in [0.5, 0.6) is 5.75 Å². The molecule has 1 N–H and O–H groups in total. The van der Waals surface area contributed by atoms with Crippen molar-refractivity contribution < 1.29 is 9.66 Å². The molecule has 2 aliphatic rings. The van der Waals surface area contributed by atoms with E-state index in [0.717, 1.165) is 42.9 Å². The van der Waals surface area contributed by atoms with Crippen molar-refractivity contribution in [1.29, 1.82) is 0 Å². The molecule has 28 heavy (non-hydrogen) atoms. The van der Waals surface area contributed by atoms with Gasteiger partial charge in [0.1, 0.15) is 5.75 Å². The molecule has 6 heteroatoms. The molecule has 0 bridgehead atoms. The molecule has 5 nitrogen and oxygen atoms in total. The van der Waals surface area contributed by atoms with Crippen LogP contribution in [0.4, 0.5) is 11.4 Å². The van der Waals surface area contributed by atoms with Gasteiger partial charge in [-0.3, -0.25) is 10.1 Å². The van der Waals surface area contributed by atoms with Gasteiger partial charge in [-0.25, -0.2) is 0 Å². The van der Waals surface area contributed by atoms with Crippen LogP contribution in [0.3, 0.4) is 0 Å². The molecule has 3 atom stereocenters. The van der Waals surface area contributed by atoms with Gasteiger partial charge in [0, 0.05) is 34.3 Å². The molecule has 146 valence electrons. The molecule has 1 aliphatic carbocycles. The van der Waals surface area contributed by atoms with Crippen molar-refractivity contribution in [1.82, 2.24) is 0 Å². The van der Waals surface area contributed by atoms with Gasteiger partial charge in [-0.2, -0.15) is 0 Å². The lowest BCUT2D eigenvalue weighted by Crippen LogP contribution is -2.29. The number of non-ortho nitro benzene ring substituents is 1. The molecular formula is C22H23ClN2O3. The largest absolute Gasteiger partial charge is 0.494 e. The van der Waals surface area contributed by atoms with Crippen molar-refractivity contribution in [3.05, 3.63) is 74.8 Å². The van der Waals surface area contributed by atoms with E-state index >= 15 is 0 Å². The van der Waals surface area contributed by atoms with Crippen LogP contribution in [-0.2, 0) is 0 Å². The van der Waals surface area contributed by atoms with Crippen LogP contribution >= 0.6 is 11.6 Å². The average molecular weight is 399 g/mol. The first-order valence-electron chi connectivity index (χ1n) is 9.72. The van der Waals surface area contributed by atoms with E-state index in [-0.39, 0.29) is 28.5 Å². The standard InChI is InChI=1S/C22H23ClN2O3/c1-2-3-11-28-15-8-10-21-18(13-15)16-5-4-6-17(16)22(24-21)19-12-14(25(26)27)7-9-20(19)23/h4-5,7-10,12-13,16-17,22,24H,2-3,6,11H2,1H3. The number of ether oxygens (including phenoxy) is 1. The summed E-state index contributed by atoms with van der Waals surface area (Å²) in [7, 11) is 0. The van der Waals surface area contributed by atoms with E-state index in [1.54, 1.807) is 12.1 Å². The first kappa shape index (κ1) is 18.8. The Morgan fingerprint density at radius 1 is 1.25 bits per heavy atom. The maximum atomic E-state index is 11.2. The van der Waals surface area contributed by atoms with Gasteiger partial charge in [0.2, 0.25) is 0 Å². The van der Waals surface area contributed by atoms with Crippen molar-refractivity contribution >= 4 is 23.0 Å². The summed E-state index contributed by atoms with van der Waals surface area (Å²) in [4.78, 5) is 10.9. The SMILES string of the molecule is CCCCOc1ccc2c(c1)C1C=CCC1C(c1cc([N+](=O)[O-])ccc1Cl)N2. The number of halogens is 1. The zero-order valence-electron chi connectivity index (χ0n) is 15.7. The number of unbranched alkanes of at least 4 members (excludes halogenated alkanes) is 1. The summed E-state index contributed by atoms with van der Waals surface area (Å²) in [5.41, 5.74) is 3.09. The number of fused-ring (bicyclic) bond motifs is 3. The minimum Gasteiger partial charge on any atom is -0.494 e. The summed E-state index contributed by atoms with van der Waals surface area (Å²) >= 11 is 6.44. The molecular weight excluding hydrogens is 376 g/mol. The number of nitrogens with zero attached hydrogens (tertiary/aromatic N) is 1. The number of nitro benzene ring substituents is 1. The Morgan fingerprint density at radius 3 is 2.89 bits per heavy atom. The lowest BCUT2D eigenvalue weighted by Gasteiger charge is -2.38. The van der Waals surface area contributed by atoms with Gasteiger partial charge < -0.3 is 10.1 Å². The smallest absolute Gasteiger partial charge is 0.269 e. The minimum absolute atomic E-state index is 0.0641. The normalized spacial score (nSPS) is 22.3. The number of rotatable bonds is 6. The Labute approximate surface area is 169 Å². The van der Waals surface area contributed by atoms with Gasteiger partial charge in [-0.05, 0) is 48.6 Å². The van der Waals surface area contributed by atoms with Crippen molar-refractivity contribution in [2.45, 2.75) is 38.1 Å². The minimum atomic E-state index is -0.374. The first-order valence-corrected chi connectivity index (χ1v) is 10.1. The number of anilines is 1. The summed E-state index contributed by atoms with van der Waals surface area (Å²) in [5.74, 6) is 1.39. The second-order valence-corrected chi connectivity index (χ2v) is 7.80. The van der Waals surface area contributed by atoms with Crippen LogP contribution in [0.2, 0.25) is 5.02 Å². The van der Waals surface area contributed by atoms with Gasteiger partial charge >= 0.3 is 0 Å². The Balaban J connectivity index is 1.68. The first-order chi connectivity index (χ1) is 13.6. The number of nitrogens with one attached hydrogen (secondary N) is 1. The molecule has 0 saturated carbocycles. The topological polar surface area (TPSA) is 64.4 Å². The lowest BCUT2D eigenvalue weighted by molar-refractivity contribution is -0.384. The highest BCUT2D eigenvalue weighted by molar-refractivity contribution is 6.31. The van der Waals surface area contributed by atoms with Crippen molar-refractivity contribution in [2.75, 3.05) is 11.9 Å². The number of hydrogen-bond donors (Lipinski definition) is 1. The van der Waals surface area contributed by atoms with Crippen LogP contribution < -0.4 is 10.1 Å². The van der Waals surface area contributed by atoms with Gasteiger partial charge in [0.25, 0.3) is 5.69 Å². The fourth-order valence-electron chi connectivity index (χ4n) is 4.19. The summed E-state index contributed by atoms with van der Waals surface area (Å²) < 4.78 is 5.89. The molecule has 2 aromatic carbocycles. The van der Waals surface area contributed by atoms with Crippen molar-refractivity contribution in [3.63, 3.8) is 0 Å². The second kappa shape index (κ2) is 7.84. The highest BCUT2D eigenvalue weighted by Crippen LogP contribution is 2.51. The highest BCUT2D eigenvalue weighted by atomic mass is 35.5. The van der Waals surface area contributed by atoms with E-state index < -0.39 is 0 Å². The number of benzene rings is 2. The van der Waals surface area contributed by atoms with Crippen molar-refractivity contribution in [3.8, 4) is 5.75 Å². The summed E-state index contributed by atoms with van der Waals surface area (Å²) in [6.45, 7) is 2.87. The molecule has 1 heterocycles. The molecule has 0 fully saturated rings. The zero-order valence-corrected chi connectivity index (χ0v) is 16.5. The fourth-order valence-corrected chi connectivity index (χ4v) is 4.42. The quantitative estimate of drug-likeness (QED) is 0.270. The van der Waals surface area contributed by atoms with Gasteiger partial charge in [0.05, 0.1) is 17.6 Å². The molecule has 0 saturated heterocycles. The van der Waals surface area contributed by atoms with E-state index in [0.29, 0.717) is 5.02 Å². The van der Waals surface area contributed by atoms with Gasteiger partial charge in [0.15, 0.2) is 0 Å². The van der Waals surface area contributed by atoms with Crippen LogP contribution in [0.25, 0.3) is 0 Å². The lowest BCUT2D eigenvalue weighted by atomic mass is 9.77. The Morgan fingerprint density at radius 2 is 2.11 bits per heavy atom. The summed E-state index contributed by atoms with van der Waals surface area (Å²) in [6, 6.07) is 10.7. The number of hydrogen-bond acceptors (Lipinski definition) is 4. The number of allylic oxidation sites excluding steroid dienone is 2. The third-order valence-electron chi connectivity index (χ3n) is 5.63. The van der Waals surface area contributed by atoms with Crippen LogP contribution in [0, 0.1) is 16.0 Å². The molecule has 0 spiro atoms. The molecule has 2 aromatic rings. The maximum Gasteiger partial charge on any atom is 0.269 e. The molecule has 0 radical (unpaired) electrons. The highest BCUT2D eigenvalue weighted by Gasteiger charge is 2.39. The third-order valence-corrected chi connectivity index (χ3v) is 5.97. The Bertz CT molecular complexity index is 928. The third kappa shape index (κ3) is 3.47. The molecule has 4 rings (SSSR count).